The predicted octanol–water partition coefficient (Wildman–Crippen LogP) is 2.32. The zero-order valence-electron chi connectivity index (χ0n) is 11.8. The van der Waals surface area contributed by atoms with Gasteiger partial charge < -0.3 is 10.9 Å². The number of hydrogen-bond donors (Lipinski definition) is 2. The van der Waals surface area contributed by atoms with Crippen molar-refractivity contribution >= 4 is 5.84 Å². The SMILES string of the molecule is CCN(Cc1ccc(/C(N)=N/O)cc1C)CC1CC1. The Morgan fingerprint density at radius 1 is 1.47 bits per heavy atom. The Kier molecular flexibility index (Phi) is 4.43. The molecule has 0 radical (unpaired) electrons. The van der Waals surface area contributed by atoms with Crippen molar-refractivity contribution in [1.29, 1.82) is 0 Å². The number of oxime groups is 1. The van der Waals surface area contributed by atoms with Gasteiger partial charge in [0.2, 0.25) is 0 Å². The molecule has 0 amide bonds. The molecule has 2 rings (SSSR count). The van der Waals surface area contributed by atoms with E-state index in [-0.39, 0.29) is 5.84 Å². The minimum atomic E-state index is 0.167. The van der Waals surface area contributed by atoms with E-state index in [0.29, 0.717) is 0 Å². The molecular formula is C15H23N3O. The molecule has 0 aliphatic heterocycles. The molecule has 0 bridgehead atoms. The first-order valence-corrected chi connectivity index (χ1v) is 6.93. The van der Waals surface area contributed by atoms with E-state index in [9.17, 15) is 0 Å². The van der Waals surface area contributed by atoms with Crippen LogP contribution in [0.3, 0.4) is 0 Å². The molecule has 0 saturated heterocycles. The van der Waals surface area contributed by atoms with Crippen molar-refractivity contribution in [3.8, 4) is 0 Å². The third-order valence-electron chi connectivity index (χ3n) is 3.80. The lowest BCUT2D eigenvalue weighted by molar-refractivity contribution is 0.268. The van der Waals surface area contributed by atoms with Gasteiger partial charge in [-0.1, -0.05) is 24.2 Å². The van der Waals surface area contributed by atoms with Crippen molar-refractivity contribution in [2.24, 2.45) is 16.8 Å². The minimum absolute atomic E-state index is 0.167. The van der Waals surface area contributed by atoms with Gasteiger partial charge in [0.25, 0.3) is 0 Å². The van der Waals surface area contributed by atoms with E-state index in [1.807, 2.05) is 12.1 Å². The van der Waals surface area contributed by atoms with Crippen LogP contribution in [0.1, 0.15) is 36.5 Å². The van der Waals surface area contributed by atoms with Crippen LogP contribution in [0.4, 0.5) is 0 Å². The molecule has 1 aliphatic carbocycles. The molecule has 0 aromatic heterocycles. The van der Waals surface area contributed by atoms with Gasteiger partial charge in [-0.2, -0.15) is 0 Å². The summed E-state index contributed by atoms with van der Waals surface area (Å²) < 4.78 is 0. The second kappa shape index (κ2) is 6.06. The Balaban J connectivity index is 2.06. The highest BCUT2D eigenvalue weighted by molar-refractivity contribution is 5.97. The number of nitrogens with zero attached hydrogens (tertiary/aromatic N) is 2. The van der Waals surface area contributed by atoms with Crippen molar-refractivity contribution in [1.82, 2.24) is 4.90 Å². The second-order valence-electron chi connectivity index (χ2n) is 5.40. The maximum Gasteiger partial charge on any atom is 0.170 e. The summed E-state index contributed by atoms with van der Waals surface area (Å²) in [5.74, 6) is 1.08. The molecule has 0 atom stereocenters. The average Bonchev–Trinajstić information content (AvgIpc) is 3.23. The fourth-order valence-electron chi connectivity index (χ4n) is 2.30. The first-order valence-electron chi connectivity index (χ1n) is 6.93. The molecule has 104 valence electrons. The van der Waals surface area contributed by atoms with Gasteiger partial charge in [0.15, 0.2) is 5.84 Å². The first-order chi connectivity index (χ1) is 9.13. The highest BCUT2D eigenvalue weighted by Crippen LogP contribution is 2.30. The molecule has 19 heavy (non-hydrogen) atoms. The van der Waals surface area contributed by atoms with Crippen LogP contribution >= 0.6 is 0 Å². The number of amidine groups is 1. The number of aryl methyl sites for hydroxylation is 1. The number of rotatable bonds is 6. The molecule has 0 heterocycles. The molecule has 0 unspecified atom stereocenters. The van der Waals surface area contributed by atoms with Crippen molar-refractivity contribution in [3.63, 3.8) is 0 Å². The molecule has 1 aromatic rings. The third kappa shape index (κ3) is 3.70. The van der Waals surface area contributed by atoms with Crippen molar-refractivity contribution in [2.45, 2.75) is 33.2 Å². The van der Waals surface area contributed by atoms with Gasteiger partial charge in [-0.05, 0) is 49.4 Å². The Bertz CT molecular complexity index is 466. The minimum Gasteiger partial charge on any atom is -0.409 e. The van der Waals surface area contributed by atoms with E-state index in [4.69, 9.17) is 10.9 Å². The van der Waals surface area contributed by atoms with Gasteiger partial charge in [-0.3, -0.25) is 4.90 Å². The van der Waals surface area contributed by atoms with Crippen LogP contribution < -0.4 is 5.73 Å². The highest BCUT2D eigenvalue weighted by atomic mass is 16.4. The van der Waals surface area contributed by atoms with Crippen molar-refractivity contribution in [2.75, 3.05) is 13.1 Å². The van der Waals surface area contributed by atoms with Gasteiger partial charge in [0, 0.05) is 18.7 Å². The predicted molar refractivity (Wildman–Crippen MR) is 77.4 cm³/mol. The fourth-order valence-corrected chi connectivity index (χ4v) is 2.30. The smallest absolute Gasteiger partial charge is 0.170 e. The summed E-state index contributed by atoms with van der Waals surface area (Å²) >= 11 is 0. The van der Waals surface area contributed by atoms with E-state index in [1.165, 1.54) is 30.5 Å². The molecule has 0 spiro atoms. The van der Waals surface area contributed by atoms with E-state index in [1.54, 1.807) is 0 Å². The van der Waals surface area contributed by atoms with Gasteiger partial charge in [-0.15, -0.1) is 0 Å². The monoisotopic (exact) mass is 261 g/mol. The Morgan fingerprint density at radius 2 is 2.21 bits per heavy atom. The lowest BCUT2D eigenvalue weighted by atomic mass is 10.0. The maximum atomic E-state index is 8.69. The molecule has 4 heteroatoms. The molecule has 1 aromatic carbocycles. The molecule has 4 nitrogen and oxygen atoms in total. The van der Waals surface area contributed by atoms with Crippen LogP contribution in [-0.2, 0) is 6.54 Å². The van der Waals surface area contributed by atoms with E-state index >= 15 is 0 Å². The number of nitrogens with two attached hydrogens (primary N) is 1. The standard InChI is InChI=1S/C15H23N3O/c1-3-18(9-12-4-5-12)10-14-7-6-13(8-11(14)2)15(16)17-19/h6-8,12,19H,3-5,9-10H2,1-2H3,(H2,16,17). The topological polar surface area (TPSA) is 61.8 Å². The third-order valence-corrected chi connectivity index (χ3v) is 3.80. The van der Waals surface area contributed by atoms with Gasteiger partial charge in [-0.25, -0.2) is 0 Å². The average molecular weight is 261 g/mol. The maximum absolute atomic E-state index is 8.69. The van der Waals surface area contributed by atoms with Crippen molar-refractivity contribution in [3.05, 3.63) is 34.9 Å². The van der Waals surface area contributed by atoms with Crippen molar-refractivity contribution < 1.29 is 5.21 Å². The number of benzene rings is 1. The summed E-state index contributed by atoms with van der Waals surface area (Å²) in [5.41, 5.74) is 8.89. The zero-order valence-corrected chi connectivity index (χ0v) is 11.8. The van der Waals surface area contributed by atoms with Gasteiger partial charge in [0.1, 0.15) is 0 Å². The number of hydrogen-bond acceptors (Lipinski definition) is 3. The van der Waals surface area contributed by atoms with Crippen LogP contribution in [0, 0.1) is 12.8 Å². The first kappa shape index (κ1) is 13.9. The molecular weight excluding hydrogens is 238 g/mol. The van der Waals surface area contributed by atoms with Crippen LogP contribution in [0.25, 0.3) is 0 Å². The molecule has 1 aliphatic rings. The van der Waals surface area contributed by atoms with Crippen LogP contribution in [0.2, 0.25) is 0 Å². The summed E-state index contributed by atoms with van der Waals surface area (Å²) in [5, 5.41) is 11.7. The summed E-state index contributed by atoms with van der Waals surface area (Å²) in [6.45, 7) is 7.56. The zero-order chi connectivity index (χ0) is 13.8. The van der Waals surface area contributed by atoms with E-state index in [2.05, 4.69) is 30.0 Å². The lowest BCUT2D eigenvalue weighted by Crippen LogP contribution is -2.25. The summed E-state index contributed by atoms with van der Waals surface area (Å²) in [7, 11) is 0. The Morgan fingerprint density at radius 3 is 2.74 bits per heavy atom. The van der Waals surface area contributed by atoms with Gasteiger partial charge in [0.05, 0.1) is 0 Å². The molecule has 1 fully saturated rings. The normalized spacial score (nSPS) is 16.1. The van der Waals surface area contributed by atoms with E-state index in [0.717, 1.165) is 24.6 Å². The summed E-state index contributed by atoms with van der Waals surface area (Å²) in [6, 6.07) is 5.98. The largest absolute Gasteiger partial charge is 0.409 e. The fraction of sp³-hybridized carbons (Fsp3) is 0.533. The highest BCUT2D eigenvalue weighted by Gasteiger charge is 2.23. The van der Waals surface area contributed by atoms with E-state index < -0.39 is 0 Å². The quantitative estimate of drug-likeness (QED) is 0.357. The summed E-state index contributed by atoms with van der Waals surface area (Å²) in [6.07, 6.45) is 2.77. The lowest BCUT2D eigenvalue weighted by Gasteiger charge is -2.21. The van der Waals surface area contributed by atoms with Gasteiger partial charge >= 0.3 is 0 Å². The molecule has 3 N–H and O–H groups in total. The Hall–Kier alpha value is -1.55. The van der Waals surface area contributed by atoms with Crippen LogP contribution in [0.5, 0.6) is 0 Å². The second-order valence-corrected chi connectivity index (χ2v) is 5.40. The van der Waals surface area contributed by atoms with Crippen LogP contribution in [-0.4, -0.2) is 29.0 Å². The van der Waals surface area contributed by atoms with Crippen LogP contribution in [0.15, 0.2) is 23.4 Å². The molecule has 1 saturated carbocycles. The Labute approximate surface area is 114 Å². The summed E-state index contributed by atoms with van der Waals surface area (Å²) in [4.78, 5) is 2.49.